The number of cyclic esters (lactones) is 1. The van der Waals surface area contributed by atoms with Crippen LogP contribution < -0.4 is 10.1 Å². The predicted molar refractivity (Wildman–Crippen MR) is 78.9 cm³/mol. The Bertz CT molecular complexity index is 603. The second-order valence-electron chi connectivity index (χ2n) is 5.01. The van der Waals surface area contributed by atoms with Crippen LogP contribution in [-0.4, -0.2) is 54.3 Å². The Balaban J connectivity index is 2.01. The summed E-state index contributed by atoms with van der Waals surface area (Å²) in [4.78, 5) is 35.7. The molecule has 0 aliphatic carbocycles. The molecule has 1 aromatic rings. The summed E-state index contributed by atoms with van der Waals surface area (Å²) in [6, 6.07) is 6.38. The van der Waals surface area contributed by atoms with E-state index in [1.54, 1.807) is 25.3 Å². The van der Waals surface area contributed by atoms with Crippen molar-refractivity contribution >= 4 is 18.0 Å². The standard InChI is InChI=1S/C15H18N2O6/c1-22-11-4-2-3-10(7-11)8-17-12(9-23-15(17)21)14(20)16-6-5-13(18)19/h2-4,7,12H,5-6,8-9H2,1H3,(H,16,20)(H,18,19)/t12-/m0/s1. The molecule has 2 amide bonds. The van der Waals surface area contributed by atoms with E-state index in [9.17, 15) is 14.4 Å². The van der Waals surface area contributed by atoms with Crippen LogP contribution in [0.2, 0.25) is 0 Å². The number of carboxylic acids is 1. The topological polar surface area (TPSA) is 105 Å². The van der Waals surface area contributed by atoms with E-state index in [2.05, 4.69) is 5.32 Å². The van der Waals surface area contributed by atoms with Gasteiger partial charge in [0.05, 0.1) is 20.1 Å². The first-order valence-electron chi connectivity index (χ1n) is 7.07. The number of ether oxygens (including phenoxy) is 2. The summed E-state index contributed by atoms with van der Waals surface area (Å²) in [6.45, 7) is 0.153. The smallest absolute Gasteiger partial charge is 0.410 e. The fraction of sp³-hybridized carbons (Fsp3) is 0.400. The molecule has 2 rings (SSSR count). The van der Waals surface area contributed by atoms with Gasteiger partial charge in [-0.2, -0.15) is 0 Å². The monoisotopic (exact) mass is 322 g/mol. The Morgan fingerprint density at radius 2 is 2.26 bits per heavy atom. The molecule has 0 bridgehead atoms. The van der Waals surface area contributed by atoms with Gasteiger partial charge in [-0.05, 0) is 17.7 Å². The van der Waals surface area contributed by atoms with Crippen LogP contribution in [0.3, 0.4) is 0 Å². The van der Waals surface area contributed by atoms with Crippen molar-refractivity contribution in [1.82, 2.24) is 10.2 Å². The zero-order chi connectivity index (χ0) is 16.8. The zero-order valence-corrected chi connectivity index (χ0v) is 12.7. The molecule has 0 aromatic heterocycles. The van der Waals surface area contributed by atoms with Crippen molar-refractivity contribution < 1.29 is 29.0 Å². The molecule has 8 nitrogen and oxygen atoms in total. The summed E-state index contributed by atoms with van der Waals surface area (Å²) in [5, 5.41) is 11.1. The first-order valence-corrected chi connectivity index (χ1v) is 7.07. The molecule has 1 aliphatic rings. The first kappa shape index (κ1) is 16.6. The lowest BCUT2D eigenvalue weighted by Gasteiger charge is -2.21. The molecular formula is C15H18N2O6. The Hall–Kier alpha value is -2.77. The van der Waals surface area contributed by atoms with Crippen LogP contribution >= 0.6 is 0 Å². The molecule has 1 aliphatic heterocycles. The number of nitrogens with zero attached hydrogens (tertiary/aromatic N) is 1. The van der Waals surface area contributed by atoms with Crippen LogP contribution in [0.1, 0.15) is 12.0 Å². The van der Waals surface area contributed by atoms with E-state index in [1.807, 2.05) is 6.07 Å². The second kappa shape index (κ2) is 7.48. The number of aliphatic carboxylic acids is 1. The van der Waals surface area contributed by atoms with Gasteiger partial charge in [0.25, 0.3) is 0 Å². The molecule has 1 saturated heterocycles. The van der Waals surface area contributed by atoms with E-state index in [0.29, 0.717) is 5.75 Å². The molecule has 2 N–H and O–H groups in total. The lowest BCUT2D eigenvalue weighted by Crippen LogP contribution is -2.45. The van der Waals surface area contributed by atoms with E-state index >= 15 is 0 Å². The van der Waals surface area contributed by atoms with E-state index in [0.717, 1.165) is 5.56 Å². The zero-order valence-electron chi connectivity index (χ0n) is 12.7. The highest BCUT2D eigenvalue weighted by atomic mass is 16.6. The number of rotatable bonds is 7. The number of amides is 2. The minimum Gasteiger partial charge on any atom is -0.497 e. The second-order valence-corrected chi connectivity index (χ2v) is 5.01. The number of carboxylic acid groups (broad SMARTS) is 1. The summed E-state index contributed by atoms with van der Waals surface area (Å²) >= 11 is 0. The van der Waals surface area contributed by atoms with Crippen molar-refractivity contribution in [2.24, 2.45) is 0 Å². The van der Waals surface area contributed by atoms with Crippen molar-refractivity contribution in [2.75, 3.05) is 20.3 Å². The van der Waals surface area contributed by atoms with Gasteiger partial charge in [-0.3, -0.25) is 14.5 Å². The Labute approximate surface area is 133 Å². The van der Waals surface area contributed by atoms with Gasteiger partial charge < -0.3 is 19.9 Å². The maximum absolute atomic E-state index is 12.1. The van der Waals surface area contributed by atoms with Crippen molar-refractivity contribution in [3.05, 3.63) is 29.8 Å². The first-order chi connectivity index (χ1) is 11.0. The number of carbonyl (C=O) groups excluding carboxylic acids is 2. The summed E-state index contributed by atoms with van der Waals surface area (Å²) < 4.78 is 10.1. The van der Waals surface area contributed by atoms with Gasteiger partial charge in [-0.15, -0.1) is 0 Å². The third kappa shape index (κ3) is 4.35. The summed E-state index contributed by atoms with van der Waals surface area (Å²) in [5.74, 6) is -0.783. The van der Waals surface area contributed by atoms with Gasteiger partial charge in [-0.1, -0.05) is 12.1 Å². The number of benzene rings is 1. The predicted octanol–water partition coefficient (Wildman–Crippen LogP) is 0.607. The molecule has 124 valence electrons. The molecule has 1 heterocycles. The highest BCUT2D eigenvalue weighted by molar-refractivity contribution is 5.88. The molecule has 0 radical (unpaired) electrons. The van der Waals surface area contributed by atoms with E-state index in [1.165, 1.54) is 4.90 Å². The highest BCUT2D eigenvalue weighted by Gasteiger charge is 2.37. The van der Waals surface area contributed by atoms with Crippen LogP contribution in [0.5, 0.6) is 5.75 Å². The largest absolute Gasteiger partial charge is 0.497 e. The SMILES string of the molecule is COc1cccc(CN2C(=O)OC[C@H]2C(=O)NCCC(=O)O)c1. The summed E-state index contributed by atoms with van der Waals surface area (Å²) in [5.41, 5.74) is 0.798. The normalized spacial score (nSPS) is 16.8. The van der Waals surface area contributed by atoms with Crippen molar-refractivity contribution in [1.29, 1.82) is 0 Å². The molecule has 8 heteroatoms. The van der Waals surface area contributed by atoms with Crippen molar-refractivity contribution in [2.45, 2.75) is 19.0 Å². The Kier molecular flexibility index (Phi) is 5.40. The molecule has 1 fully saturated rings. The fourth-order valence-electron chi connectivity index (χ4n) is 2.22. The minimum absolute atomic E-state index is 0.00581. The van der Waals surface area contributed by atoms with Crippen LogP contribution in [0.4, 0.5) is 4.79 Å². The van der Waals surface area contributed by atoms with Gasteiger partial charge in [0.15, 0.2) is 0 Å². The number of hydrogen-bond donors (Lipinski definition) is 2. The lowest BCUT2D eigenvalue weighted by molar-refractivity contribution is -0.137. The molecule has 0 saturated carbocycles. The third-order valence-corrected chi connectivity index (χ3v) is 3.40. The van der Waals surface area contributed by atoms with Crippen LogP contribution in [0.15, 0.2) is 24.3 Å². The van der Waals surface area contributed by atoms with Gasteiger partial charge in [0.1, 0.15) is 18.4 Å². The molecular weight excluding hydrogens is 304 g/mol. The Morgan fingerprint density at radius 1 is 1.48 bits per heavy atom. The van der Waals surface area contributed by atoms with Crippen LogP contribution in [-0.2, 0) is 20.9 Å². The summed E-state index contributed by atoms with van der Waals surface area (Å²) in [7, 11) is 1.54. The number of nitrogens with one attached hydrogen (secondary N) is 1. The number of methoxy groups -OCH3 is 1. The number of hydrogen-bond acceptors (Lipinski definition) is 5. The molecule has 0 unspecified atom stereocenters. The molecule has 1 atom stereocenters. The maximum atomic E-state index is 12.1. The van der Waals surface area contributed by atoms with Gasteiger partial charge in [0.2, 0.25) is 5.91 Å². The van der Waals surface area contributed by atoms with Gasteiger partial charge in [0, 0.05) is 6.54 Å². The Morgan fingerprint density at radius 3 is 2.96 bits per heavy atom. The fourth-order valence-corrected chi connectivity index (χ4v) is 2.22. The molecule has 1 aromatic carbocycles. The van der Waals surface area contributed by atoms with Crippen LogP contribution in [0, 0.1) is 0 Å². The minimum atomic E-state index is -1.00. The molecule has 23 heavy (non-hydrogen) atoms. The average molecular weight is 322 g/mol. The lowest BCUT2D eigenvalue weighted by atomic mass is 10.1. The van der Waals surface area contributed by atoms with Crippen LogP contribution in [0.25, 0.3) is 0 Å². The van der Waals surface area contributed by atoms with Crippen molar-refractivity contribution in [3.8, 4) is 5.75 Å². The van der Waals surface area contributed by atoms with Crippen molar-refractivity contribution in [3.63, 3.8) is 0 Å². The summed E-state index contributed by atoms with van der Waals surface area (Å²) in [6.07, 6.45) is -0.755. The quantitative estimate of drug-likeness (QED) is 0.762. The maximum Gasteiger partial charge on any atom is 0.410 e. The highest BCUT2D eigenvalue weighted by Crippen LogP contribution is 2.19. The molecule has 0 spiro atoms. The van der Waals surface area contributed by atoms with Gasteiger partial charge in [-0.25, -0.2) is 4.79 Å². The number of carbonyl (C=O) groups is 3. The average Bonchev–Trinajstić information content (AvgIpc) is 2.88. The van der Waals surface area contributed by atoms with E-state index < -0.39 is 24.0 Å². The van der Waals surface area contributed by atoms with Gasteiger partial charge >= 0.3 is 12.1 Å². The van der Waals surface area contributed by atoms with E-state index in [4.69, 9.17) is 14.6 Å². The third-order valence-electron chi connectivity index (χ3n) is 3.40. The van der Waals surface area contributed by atoms with E-state index in [-0.39, 0.29) is 26.1 Å².